The minimum absolute atomic E-state index is 0.608. The Kier molecular flexibility index (Phi) is 2.27. The van der Waals surface area contributed by atoms with Crippen molar-refractivity contribution in [2.24, 2.45) is 5.41 Å². The Morgan fingerprint density at radius 3 is 2.38 bits per heavy atom. The first kappa shape index (κ1) is 9.94. The Labute approximate surface area is 96.7 Å². The van der Waals surface area contributed by atoms with Crippen molar-refractivity contribution in [1.29, 1.82) is 0 Å². The van der Waals surface area contributed by atoms with Crippen LogP contribution in [0.25, 0.3) is 0 Å². The van der Waals surface area contributed by atoms with Crippen LogP contribution in [-0.2, 0) is 0 Å². The standard InChI is InChI=1S/C13H19N3/c14-12-3-2-11(10-15-12)16-8-6-13(7-9-16)4-1-5-13/h2-3,10H,1,4-9H2,(H2,14,15). The maximum atomic E-state index is 5.60. The van der Waals surface area contributed by atoms with E-state index in [9.17, 15) is 0 Å². The van der Waals surface area contributed by atoms with Crippen LogP contribution in [0.5, 0.6) is 0 Å². The summed E-state index contributed by atoms with van der Waals surface area (Å²) in [5.41, 5.74) is 7.55. The van der Waals surface area contributed by atoms with Crippen LogP contribution in [0.15, 0.2) is 18.3 Å². The molecule has 16 heavy (non-hydrogen) atoms. The SMILES string of the molecule is Nc1ccc(N2CCC3(CCC3)CC2)cn1. The second kappa shape index (κ2) is 3.65. The maximum absolute atomic E-state index is 5.60. The highest BCUT2D eigenvalue weighted by atomic mass is 15.1. The monoisotopic (exact) mass is 217 g/mol. The molecule has 1 aliphatic heterocycles. The molecule has 0 radical (unpaired) electrons. The number of nitrogens with zero attached hydrogens (tertiary/aromatic N) is 2. The summed E-state index contributed by atoms with van der Waals surface area (Å²) in [6, 6.07) is 3.98. The molecule has 3 rings (SSSR count). The van der Waals surface area contributed by atoms with E-state index < -0.39 is 0 Å². The van der Waals surface area contributed by atoms with E-state index in [1.165, 1.54) is 50.9 Å². The van der Waals surface area contributed by atoms with Gasteiger partial charge in [-0.3, -0.25) is 0 Å². The van der Waals surface area contributed by atoms with Gasteiger partial charge in [-0.1, -0.05) is 6.42 Å². The average Bonchev–Trinajstić information content (AvgIpc) is 2.28. The molecular weight excluding hydrogens is 198 g/mol. The zero-order valence-electron chi connectivity index (χ0n) is 9.65. The van der Waals surface area contributed by atoms with E-state index >= 15 is 0 Å². The number of rotatable bonds is 1. The molecular formula is C13H19N3. The van der Waals surface area contributed by atoms with E-state index in [-0.39, 0.29) is 0 Å². The highest BCUT2D eigenvalue weighted by Crippen LogP contribution is 2.49. The molecule has 2 N–H and O–H groups in total. The van der Waals surface area contributed by atoms with Gasteiger partial charge in [-0.05, 0) is 43.2 Å². The van der Waals surface area contributed by atoms with Crippen molar-refractivity contribution in [3.8, 4) is 0 Å². The van der Waals surface area contributed by atoms with Crippen molar-refractivity contribution in [2.75, 3.05) is 23.7 Å². The molecule has 1 aromatic heterocycles. The number of piperidine rings is 1. The molecule has 0 bridgehead atoms. The van der Waals surface area contributed by atoms with Crippen molar-refractivity contribution in [2.45, 2.75) is 32.1 Å². The summed E-state index contributed by atoms with van der Waals surface area (Å²) in [7, 11) is 0. The summed E-state index contributed by atoms with van der Waals surface area (Å²) < 4.78 is 0. The van der Waals surface area contributed by atoms with Crippen LogP contribution in [0.3, 0.4) is 0 Å². The lowest BCUT2D eigenvalue weighted by molar-refractivity contribution is 0.0955. The van der Waals surface area contributed by atoms with Crippen molar-refractivity contribution in [3.05, 3.63) is 18.3 Å². The average molecular weight is 217 g/mol. The van der Waals surface area contributed by atoms with Gasteiger partial charge < -0.3 is 10.6 Å². The number of nitrogen functional groups attached to an aromatic ring is 1. The largest absolute Gasteiger partial charge is 0.384 e. The molecule has 3 nitrogen and oxygen atoms in total. The molecule has 86 valence electrons. The van der Waals surface area contributed by atoms with E-state index in [4.69, 9.17) is 5.73 Å². The van der Waals surface area contributed by atoms with Gasteiger partial charge in [0.15, 0.2) is 0 Å². The van der Waals surface area contributed by atoms with Crippen LogP contribution >= 0.6 is 0 Å². The van der Waals surface area contributed by atoms with Gasteiger partial charge in [0, 0.05) is 13.1 Å². The minimum atomic E-state index is 0.608. The number of aromatic nitrogens is 1. The van der Waals surface area contributed by atoms with Crippen LogP contribution < -0.4 is 10.6 Å². The fourth-order valence-corrected chi connectivity index (χ4v) is 3.00. The predicted molar refractivity (Wildman–Crippen MR) is 66.4 cm³/mol. The third kappa shape index (κ3) is 1.64. The summed E-state index contributed by atoms with van der Waals surface area (Å²) in [5, 5.41) is 0. The van der Waals surface area contributed by atoms with E-state index in [2.05, 4.69) is 16.0 Å². The highest BCUT2D eigenvalue weighted by molar-refractivity contribution is 5.48. The molecule has 1 saturated carbocycles. The molecule has 1 aromatic rings. The summed E-state index contributed by atoms with van der Waals surface area (Å²) in [4.78, 5) is 6.60. The van der Waals surface area contributed by atoms with Gasteiger partial charge in [0.05, 0.1) is 11.9 Å². The Morgan fingerprint density at radius 1 is 1.12 bits per heavy atom. The lowest BCUT2D eigenvalue weighted by atomic mass is 9.63. The predicted octanol–water partition coefficient (Wildman–Crippen LogP) is 2.43. The number of hydrogen-bond donors (Lipinski definition) is 1. The van der Waals surface area contributed by atoms with Crippen molar-refractivity contribution < 1.29 is 0 Å². The molecule has 2 aliphatic rings. The summed E-state index contributed by atoms with van der Waals surface area (Å²) >= 11 is 0. The third-order valence-electron chi connectivity index (χ3n) is 4.37. The van der Waals surface area contributed by atoms with Crippen molar-refractivity contribution in [3.63, 3.8) is 0 Å². The van der Waals surface area contributed by atoms with Gasteiger partial charge in [0.2, 0.25) is 0 Å². The number of hydrogen-bond acceptors (Lipinski definition) is 3. The summed E-state index contributed by atoms with van der Waals surface area (Å²) in [6.45, 7) is 2.37. The second-order valence-electron chi connectivity index (χ2n) is 5.28. The van der Waals surface area contributed by atoms with Gasteiger partial charge in [-0.2, -0.15) is 0 Å². The normalized spacial score (nSPS) is 23.1. The zero-order chi connectivity index (χ0) is 11.0. The summed E-state index contributed by atoms with van der Waals surface area (Å²) in [5.74, 6) is 0.608. The molecule has 1 saturated heterocycles. The van der Waals surface area contributed by atoms with Gasteiger partial charge in [-0.25, -0.2) is 4.98 Å². The quantitative estimate of drug-likeness (QED) is 0.785. The Balaban J connectivity index is 1.67. The molecule has 0 aromatic carbocycles. The van der Waals surface area contributed by atoms with Gasteiger partial charge >= 0.3 is 0 Å². The van der Waals surface area contributed by atoms with E-state index in [0.29, 0.717) is 5.82 Å². The first-order valence-corrected chi connectivity index (χ1v) is 6.24. The molecule has 1 spiro atoms. The van der Waals surface area contributed by atoms with Gasteiger partial charge in [0.1, 0.15) is 5.82 Å². The topological polar surface area (TPSA) is 42.1 Å². The Morgan fingerprint density at radius 2 is 1.88 bits per heavy atom. The highest BCUT2D eigenvalue weighted by Gasteiger charge is 2.39. The summed E-state index contributed by atoms with van der Waals surface area (Å²) in [6.07, 6.45) is 8.98. The van der Waals surface area contributed by atoms with Crippen molar-refractivity contribution in [1.82, 2.24) is 4.98 Å². The van der Waals surface area contributed by atoms with Gasteiger partial charge in [-0.15, -0.1) is 0 Å². The zero-order valence-corrected chi connectivity index (χ0v) is 9.65. The van der Waals surface area contributed by atoms with Crippen LogP contribution in [0, 0.1) is 5.41 Å². The second-order valence-corrected chi connectivity index (χ2v) is 5.28. The van der Waals surface area contributed by atoms with Crippen LogP contribution in [-0.4, -0.2) is 18.1 Å². The third-order valence-corrected chi connectivity index (χ3v) is 4.37. The van der Waals surface area contributed by atoms with Crippen LogP contribution in [0.1, 0.15) is 32.1 Å². The van der Waals surface area contributed by atoms with Crippen LogP contribution in [0.4, 0.5) is 11.5 Å². The Hall–Kier alpha value is -1.25. The number of nitrogens with two attached hydrogens (primary N) is 1. The van der Waals surface area contributed by atoms with E-state index in [0.717, 1.165) is 5.41 Å². The fourth-order valence-electron chi connectivity index (χ4n) is 3.00. The molecule has 0 atom stereocenters. The first-order valence-electron chi connectivity index (χ1n) is 6.24. The fraction of sp³-hybridized carbons (Fsp3) is 0.615. The lowest BCUT2D eigenvalue weighted by Gasteiger charge is -2.48. The molecule has 3 heteroatoms. The Bertz CT molecular complexity index is 357. The van der Waals surface area contributed by atoms with Crippen LogP contribution in [0.2, 0.25) is 0 Å². The minimum Gasteiger partial charge on any atom is -0.384 e. The van der Waals surface area contributed by atoms with E-state index in [1.807, 2.05) is 12.3 Å². The molecule has 2 heterocycles. The molecule has 0 amide bonds. The molecule has 0 unspecified atom stereocenters. The lowest BCUT2D eigenvalue weighted by Crippen LogP contribution is -2.43. The smallest absolute Gasteiger partial charge is 0.123 e. The maximum Gasteiger partial charge on any atom is 0.123 e. The first-order chi connectivity index (χ1) is 7.77. The van der Waals surface area contributed by atoms with Gasteiger partial charge in [0.25, 0.3) is 0 Å². The number of anilines is 2. The molecule has 2 fully saturated rings. The van der Waals surface area contributed by atoms with Crippen molar-refractivity contribution >= 4 is 11.5 Å². The number of pyridine rings is 1. The van der Waals surface area contributed by atoms with E-state index in [1.54, 1.807) is 0 Å². The molecule has 1 aliphatic carbocycles.